The highest BCUT2D eigenvalue weighted by molar-refractivity contribution is 5.67. The lowest BCUT2D eigenvalue weighted by molar-refractivity contribution is -0.129. The van der Waals surface area contributed by atoms with Gasteiger partial charge in [0.2, 0.25) is 0 Å². The van der Waals surface area contributed by atoms with E-state index < -0.39 is 6.04 Å². The number of aryl methyl sites for hydroxylation is 1. The number of methoxy groups -OCH3 is 1. The number of nitrogens with one attached hydrogen (secondary N) is 1. The van der Waals surface area contributed by atoms with Gasteiger partial charge in [0.05, 0.1) is 19.0 Å². The van der Waals surface area contributed by atoms with Crippen LogP contribution in [0.2, 0.25) is 0 Å². The summed E-state index contributed by atoms with van der Waals surface area (Å²) in [6.45, 7) is 18.6. The first kappa shape index (κ1) is 35.0. The molecule has 38 heavy (non-hydrogen) atoms. The second-order valence-corrected chi connectivity index (χ2v) is 9.13. The van der Waals surface area contributed by atoms with E-state index in [1.165, 1.54) is 23.4 Å². The predicted octanol–water partition coefficient (Wildman–Crippen LogP) is 6.25. The predicted molar refractivity (Wildman–Crippen MR) is 158 cm³/mol. The van der Waals surface area contributed by atoms with Crippen LogP contribution in [-0.4, -0.2) is 48.3 Å². The molecule has 1 aliphatic heterocycles. The number of aromatic nitrogens is 2. The van der Waals surface area contributed by atoms with Crippen LogP contribution in [-0.2, 0) is 11.2 Å². The normalized spacial score (nSPS) is 16.6. The number of allylic oxidation sites excluding steroid dienone is 1. The minimum atomic E-state index is -1.21. The first-order valence-corrected chi connectivity index (χ1v) is 13.7. The SMILES string of the molecule is CC.CCCC(=O)F.CCCc1c(N2CC(C)NC(C)C2)ccnc1C.COc1ccc(/C=C(/C)N)nc1. The second kappa shape index (κ2) is 20.0. The van der Waals surface area contributed by atoms with Crippen molar-refractivity contribution in [1.82, 2.24) is 15.3 Å². The molecule has 2 atom stereocenters. The summed E-state index contributed by atoms with van der Waals surface area (Å²) < 4.78 is 16.0. The van der Waals surface area contributed by atoms with Crippen LogP contribution in [0.4, 0.5) is 10.1 Å². The standard InChI is InChI=1S/C15H25N3.C9H12N2O.C4H7FO.C2H6/c1-5-6-14-13(4)16-8-7-15(14)18-9-11(2)17-12(3)10-18;1-7(10)5-8-3-4-9(12-2)6-11-8;1-2-3-4(5)6;1-2/h7-8,11-12,17H,5-6,9-10H2,1-4H3;3-6H,10H2,1-2H3;2-3H2,1H3;1-2H3/b;7-5-;;. The molecule has 3 rings (SSSR count). The van der Waals surface area contributed by atoms with Crippen LogP contribution < -0.4 is 20.7 Å². The van der Waals surface area contributed by atoms with Crippen molar-refractivity contribution in [2.24, 2.45) is 5.73 Å². The Morgan fingerprint density at radius 2 is 1.79 bits per heavy atom. The molecule has 1 saturated heterocycles. The highest BCUT2D eigenvalue weighted by Gasteiger charge is 2.23. The molecule has 0 aromatic carbocycles. The number of hydrogen-bond donors (Lipinski definition) is 2. The van der Waals surface area contributed by atoms with Crippen molar-refractivity contribution in [2.45, 2.75) is 93.2 Å². The number of nitrogens with zero attached hydrogens (tertiary/aromatic N) is 3. The summed E-state index contributed by atoms with van der Waals surface area (Å²) in [4.78, 5) is 20.5. The zero-order chi connectivity index (χ0) is 29.1. The Bertz CT molecular complexity index is 936. The van der Waals surface area contributed by atoms with Gasteiger partial charge in [0.1, 0.15) is 5.75 Å². The maximum atomic E-state index is 11.1. The molecule has 0 amide bonds. The quantitative estimate of drug-likeness (QED) is 0.408. The zero-order valence-electron chi connectivity index (χ0n) is 25.0. The van der Waals surface area contributed by atoms with Crippen LogP contribution in [0.1, 0.15) is 84.7 Å². The van der Waals surface area contributed by atoms with Gasteiger partial charge in [-0.2, -0.15) is 4.39 Å². The smallest absolute Gasteiger partial charge is 0.301 e. The van der Waals surface area contributed by atoms with Gasteiger partial charge in [-0.25, -0.2) is 0 Å². The van der Waals surface area contributed by atoms with Gasteiger partial charge in [-0.1, -0.05) is 34.1 Å². The van der Waals surface area contributed by atoms with Crippen LogP contribution in [0.5, 0.6) is 5.75 Å². The van der Waals surface area contributed by atoms with Gasteiger partial charge in [-0.15, -0.1) is 0 Å². The monoisotopic (exact) mass is 531 g/mol. The number of pyridine rings is 2. The number of rotatable bonds is 7. The summed E-state index contributed by atoms with van der Waals surface area (Å²) in [5.41, 5.74) is 11.1. The van der Waals surface area contributed by atoms with Gasteiger partial charge in [-0.05, 0) is 70.4 Å². The number of carbonyl (C=O) groups excluding carboxylic acids is 1. The lowest BCUT2D eigenvalue weighted by atomic mass is 10.0. The Hall–Kier alpha value is -3.00. The minimum Gasteiger partial charge on any atom is -0.495 e. The van der Waals surface area contributed by atoms with Crippen molar-refractivity contribution in [3.05, 3.63) is 53.2 Å². The van der Waals surface area contributed by atoms with Crippen molar-refractivity contribution in [1.29, 1.82) is 0 Å². The molecule has 0 saturated carbocycles. The van der Waals surface area contributed by atoms with Crippen LogP contribution >= 0.6 is 0 Å². The molecular formula is C30H50FN5O2. The molecule has 2 aromatic heterocycles. The molecule has 0 aliphatic carbocycles. The third-order valence-corrected chi connectivity index (χ3v) is 5.46. The van der Waals surface area contributed by atoms with Crippen molar-refractivity contribution in [3.8, 4) is 5.75 Å². The number of halogens is 1. The molecule has 7 nitrogen and oxygen atoms in total. The maximum absolute atomic E-state index is 11.1. The average molecular weight is 532 g/mol. The van der Waals surface area contributed by atoms with E-state index in [2.05, 4.69) is 53.9 Å². The minimum absolute atomic E-state index is 0.0694. The lowest BCUT2D eigenvalue weighted by Gasteiger charge is -2.38. The number of anilines is 1. The van der Waals surface area contributed by atoms with Gasteiger partial charge >= 0.3 is 6.04 Å². The highest BCUT2D eigenvalue weighted by atomic mass is 19.1. The van der Waals surface area contributed by atoms with Crippen LogP contribution in [0.15, 0.2) is 36.3 Å². The third kappa shape index (κ3) is 14.1. The van der Waals surface area contributed by atoms with E-state index >= 15 is 0 Å². The number of carbonyl (C=O) groups is 1. The topological polar surface area (TPSA) is 93.4 Å². The first-order valence-electron chi connectivity index (χ1n) is 13.7. The fourth-order valence-corrected chi connectivity index (χ4v) is 3.99. The molecule has 214 valence electrons. The fourth-order valence-electron chi connectivity index (χ4n) is 3.99. The van der Waals surface area contributed by atoms with Crippen molar-refractivity contribution in [2.75, 3.05) is 25.1 Å². The van der Waals surface area contributed by atoms with E-state index in [0.29, 0.717) is 18.5 Å². The van der Waals surface area contributed by atoms with Gasteiger partial charge in [0.25, 0.3) is 0 Å². The molecule has 3 heterocycles. The summed E-state index contributed by atoms with van der Waals surface area (Å²) in [6, 6.07) is 5.78. The van der Waals surface area contributed by atoms with Gasteiger partial charge in [-0.3, -0.25) is 14.8 Å². The molecule has 3 N–H and O–H groups in total. The summed E-state index contributed by atoms with van der Waals surface area (Å²) >= 11 is 0. The van der Waals surface area contributed by atoms with Gasteiger partial charge in [0.15, 0.2) is 0 Å². The van der Waals surface area contributed by atoms with Crippen LogP contribution in [0.3, 0.4) is 0 Å². The molecular weight excluding hydrogens is 481 g/mol. The Balaban J connectivity index is 0.000000590. The first-order chi connectivity index (χ1) is 18.1. The van der Waals surface area contributed by atoms with Crippen LogP contribution in [0.25, 0.3) is 6.08 Å². The average Bonchev–Trinajstić information content (AvgIpc) is 2.87. The molecule has 1 aliphatic rings. The van der Waals surface area contributed by atoms with E-state index in [-0.39, 0.29) is 6.42 Å². The number of ether oxygens (including phenoxy) is 1. The van der Waals surface area contributed by atoms with E-state index in [9.17, 15) is 9.18 Å². The second-order valence-electron chi connectivity index (χ2n) is 9.13. The number of piperazine rings is 1. The maximum Gasteiger partial charge on any atom is 0.301 e. The van der Waals surface area contributed by atoms with Gasteiger partial charge < -0.3 is 20.7 Å². The Morgan fingerprint density at radius 1 is 1.16 bits per heavy atom. The van der Waals surface area contributed by atoms with Crippen molar-refractivity contribution in [3.63, 3.8) is 0 Å². The Labute approximate surface area is 230 Å². The fraction of sp³-hybridized carbons (Fsp3) is 0.567. The van der Waals surface area contributed by atoms with Crippen LogP contribution in [0, 0.1) is 6.92 Å². The number of nitrogens with two attached hydrogens (primary N) is 1. The summed E-state index contributed by atoms with van der Waals surface area (Å²) in [7, 11) is 1.61. The molecule has 1 fully saturated rings. The molecule has 2 aromatic rings. The lowest BCUT2D eigenvalue weighted by Crippen LogP contribution is -2.54. The van der Waals surface area contributed by atoms with Crippen molar-refractivity contribution < 1.29 is 13.9 Å². The third-order valence-electron chi connectivity index (χ3n) is 5.46. The molecule has 0 spiro atoms. The van der Waals surface area contributed by atoms with E-state index in [1.54, 1.807) is 26.3 Å². The largest absolute Gasteiger partial charge is 0.495 e. The molecule has 2 unspecified atom stereocenters. The van der Waals surface area contributed by atoms with E-state index in [4.69, 9.17) is 10.5 Å². The Kier molecular flexibility index (Phi) is 18.4. The Morgan fingerprint density at radius 3 is 2.21 bits per heavy atom. The van der Waals surface area contributed by atoms with E-state index in [1.807, 2.05) is 39.1 Å². The van der Waals surface area contributed by atoms with Gasteiger partial charge in [0, 0.05) is 54.9 Å². The summed E-state index contributed by atoms with van der Waals surface area (Å²) in [5, 5.41) is 3.59. The van der Waals surface area contributed by atoms with E-state index in [0.717, 1.165) is 36.7 Å². The number of hydrogen-bond acceptors (Lipinski definition) is 7. The summed E-state index contributed by atoms with van der Waals surface area (Å²) in [6.07, 6.45) is 8.39. The highest BCUT2D eigenvalue weighted by Crippen LogP contribution is 2.25. The molecule has 0 radical (unpaired) electrons. The molecule has 8 heteroatoms. The zero-order valence-corrected chi connectivity index (χ0v) is 25.0. The summed E-state index contributed by atoms with van der Waals surface area (Å²) in [5.74, 6) is 0.752. The molecule has 0 bridgehead atoms. The van der Waals surface area contributed by atoms with Crippen molar-refractivity contribution >= 4 is 17.8 Å².